The van der Waals surface area contributed by atoms with Crippen LogP contribution in [-0.2, 0) is 4.79 Å². The summed E-state index contributed by atoms with van der Waals surface area (Å²) in [6, 6.07) is 11.3. The van der Waals surface area contributed by atoms with Crippen LogP contribution in [0.5, 0.6) is 5.75 Å². The van der Waals surface area contributed by atoms with Gasteiger partial charge in [0.05, 0.1) is 12.1 Å². The van der Waals surface area contributed by atoms with Gasteiger partial charge in [0.15, 0.2) is 0 Å². The van der Waals surface area contributed by atoms with Crippen LogP contribution >= 0.6 is 11.6 Å². The van der Waals surface area contributed by atoms with Gasteiger partial charge in [-0.1, -0.05) is 23.7 Å². The Labute approximate surface area is 127 Å². The first-order chi connectivity index (χ1) is 10.1. The van der Waals surface area contributed by atoms with Crippen molar-refractivity contribution >= 4 is 29.3 Å². The number of benzene rings is 2. The van der Waals surface area contributed by atoms with Crippen LogP contribution < -0.4 is 10.1 Å². The van der Waals surface area contributed by atoms with Gasteiger partial charge in [0.2, 0.25) is 5.91 Å². The smallest absolute Gasteiger partial charge is 0.248 e. The van der Waals surface area contributed by atoms with E-state index < -0.39 is 5.82 Å². The maximum Gasteiger partial charge on any atom is 0.248 e. The number of methoxy groups -OCH3 is 1. The highest BCUT2D eigenvalue weighted by Crippen LogP contribution is 2.20. The normalized spacial score (nSPS) is 10.6. The van der Waals surface area contributed by atoms with Crippen LogP contribution in [0.25, 0.3) is 6.08 Å². The van der Waals surface area contributed by atoms with Crippen molar-refractivity contribution in [2.75, 3.05) is 12.4 Å². The zero-order valence-electron chi connectivity index (χ0n) is 11.3. The maximum atomic E-state index is 13.5. The van der Waals surface area contributed by atoms with Gasteiger partial charge in [0, 0.05) is 23.4 Å². The fourth-order valence-electron chi connectivity index (χ4n) is 1.71. The van der Waals surface area contributed by atoms with Gasteiger partial charge in [-0.05, 0) is 30.3 Å². The van der Waals surface area contributed by atoms with Crippen LogP contribution in [0.2, 0.25) is 5.02 Å². The van der Waals surface area contributed by atoms with Crippen molar-refractivity contribution in [3.05, 3.63) is 64.9 Å². The van der Waals surface area contributed by atoms with Gasteiger partial charge in [0.1, 0.15) is 11.6 Å². The van der Waals surface area contributed by atoms with E-state index >= 15 is 0 Å². The molecule has 0 saturated heterocycles. The summed E-state index contributed by atoms with van der Waals surface area (Å²) in [4.78, 5) is 11.8. The number of carbonyl (C=O) groups is 1. The summed E-state index contributed by atoms with van der Waals surface area (Å²) in [6.07, 6.45) is 2.57. The Morgan fingerprint density at radius 2 is 2.05 bits per heavy atom. The van der Waals surface area contributed by atoms with Crippen molar-refractivity contribution in [2.45, 2.75) is 0 Å². The molecule has 1 N–H and O–H groups in total. The summed E-state index contributed by atoms with van der Waals surface area (Å²) in [7, 11) is 1.54. The molecular weight excluding hydrogens is 293 g/mol. The lowest BCUT2D eigenvalue weighted by molar-refractivity contribution is -0.111. The van der Waals surface area contributed by atoms with Gasteiger partial charge in [-0.2, -0.15) is 0 Å². The molecule has 21 heavy (non-hydrogen) atoms. The molecule has 0 aliphatic rings. The van der Waals surface area contributed by atoms with Crippen LogP contribution in [0.15, 0.2) is 48.5 Å². The highest BCUT2D eigenvalue weighted by atomic mass is 35.5. The molecule has 0 unspecified atom stereocenters. The van der Waals surface area contributed by atoms with Crippen LogP contribution in [0.4, 0.5) is 10.1 Å². The van der Waals surface area contributed by atoms with Crippen LogP contribution in [-0.4, -0.2) is 13.0 Å². The van der Waals surface area contributed by atoms with E-state index in [0.717, 1.165) is 0 Å². The second kappa shape index (κ2) is 6.90. The summed E-state index contributed by atoms with van der Waals surface area (Å²) in [5, 5.41) is 2.90. The van der Waals surface area contributed by atoms with Crippen LogP contribution in [0.1, 0.15) is 5.56 Å². The number of hydrogen-bond donors (Lipinski definition) is 1. The molecule has 0 fully saturated rings. The maximum absolute atomic E-state index is 13.5. The van der Waals surface area contributed by atoms with Crippen molar-refractivity contribution in [3.63, 3.8) is 0 Å². The molecule has 0 bridgehead atoms. The van der Waals surface area contributed by atoms with Crippen molar-refractivity contribution in [3.8, 4) is 5.75 Å². The predicted molar refractivity (Wildman–Crippen MR) is 82.1 cm³/mol. The molecule has 2 aromatic rings. The molecular formula is C16H13ClFNO2. The lowest BCUT2D eigenvalue weighted by atomic mass is 10.2. The number of carbonyl (C=O) groups excluding carboxylic acids is 1. The second-order valence-corrected chi connectivity index (χ2v) is 4.60. The lowest BCUT2D eigenvalue weighted by Crippen LogP contribution is -2.07. The van der Waals surface area contributed by atoms with Gasteiger partial charge >= 0.3 is 0 Å². The molecule has 108 valence electrons. The van der Waals surface area contributed by atoms with E-state index in [-0.39, 0.29) is 16.5 Å². The number of ether oxygens (including phenoxy) is 1. The summed E-state index contributed by atoms with van der Waals surface area (Å²) in [5.74, 6) is -0.232. The van der Waals surface area contributed by atoms with Crippen molar-refractivity contribution < 1.29 is 13.9 Å². The molecule has 2 rings (SSSR count). The molecule has 0 aliphatic heterocycles. The monoisotopic (exact) mass is 305 g/mol. The minimum absolute atomic E-state index is 0.181. The number of nitrogens with one attached hydrogen (secondary N) is 1. The largest absolute Gasteiger partial charge is 0.497 e. The van der Waals surface area contributed by atoms with Crippen molar-refractivity contribution in [2.24, 2.45) is 0 Å². The first-order valence-electron chi connectivity index (χ1n) is 6.17. The minimum Gasteiger partial charge on any atom is -0.497 e. The SMILES string of the molecule is COc1cccc(NC(=O)/C=C/c2c(F)cccc2Cl)c1. The molecule has 2 aromatic carbocycles. The van der Waals surface area contributed by atoms with Gasteiger partial charge in [-0.15, -0.1) is 0 Å². The van der Waals surface area contributed by atoms with E-state index in [9.17, 15) is 9.18 Å². The number of amides is 1. The van der Waals surface area contributed by atoms with Crippen LogP contribution in [0, 0.1) is 5.82 Å². The van der Waals surface area contributed by atoms with Gasteiger partial charge in [0.25, 0.3) is 0 Å². The minimum atomic E-state index is -0.479. The molecule has 5 heteroatoms. The van der Waals surface area contributed by atoms with E-state index in [1.54, 1.807) is 37.4 Å². The first-order valence-corrected chi connectivity index (χ1v) is 6.55. The molecule has 1 amide bonds. The molecule has 0 aromatic heterocycles. The summed E-state index contributed by atoms with van der Waals surface area (Å²) in [5.41, 5.74) is 0.767. The highest BCUT2D eigenvalue weighted by Gasteiger charge is 2.04. The molecule has 0 aliphatic carbocycles. The molecule has 0 radical (unpaired) electrons. The Morgan fingerprint density at radius 3 is 2.76 bits per heavy atom. The van der Waals surface area contributed by atoms with Crippen molar-refractivity contribution in [1.82, 2.24) is 0 Å². The molecule has 3 nitrogen and oxygen atoms in total. The fourth-order valence-corrected chi connectivity index (χ4v) is 1.94. The van der Waals surface area contributed by atoms with E-state index in [4.69, 9.17) is 16.3 Å². The molecule has 0 atom stereocenters. The Bertz CT molecular complexity index is 665. The summed E-state index contributed by atoms with van der Waals surface area (Å²) in [6.45, 7) is 0. The molecule has 0 spiro atoms. The predicted octanol–water partition coefficient (Wildman–Crippen LogP) is 4.14. The zero-order chi connectivity index (χ0) is 15.2. The Hall–Kier alpha value is -2.33. The van der Waals surface area contributed by atoms with Gasteiger partial charge < -0.3 is 10.1 Å². The van der Waals surface area contributed by atoms with E-state index in [1.807, 2.05) is 0 Å². The third kappa shape index (κ3) is 4.07. The zero-order valence-corrected chi connectivity index (χ0v) is 12.0. The summed E-state index contributed by atoms with van der Waals surface area (Å²) >= 11 is 5.87. The quantitative estimate of drug-likeness (QED) is 0.862. The fraction of sp³-hybridized carbons (Fsp3) is 0.0625. The van der Waals surface area contributed by atoms with E-state index in [0.29, 0.717) is 11.4 Å². The third-order valence-electron chi connectivity index (χ3n) is 2.74. The Kier molecular flexibility index (Phi) is 4.95. The third-order valence-corrected chi connectivity index (χ3v) is 3.07. The first kappa shape index (κ1) is 15.1. The Balaban J connectivity index is 2.09. The highest BCUT2D eigenvalue weighted by molar-refractivity contribution is 6.32. The molecule has 0 saturated carbocycles. The summed E-state index contributed by atoms with van der Waals surface area (Å²) < 4.78 is 18.6. The van der Waals surface area contributed by atoms with Gasteiger partial charge in [-0.3, -0.25) is 4.79 Å². The average Bonchev–Trinajstić information content (AvgIpc) is 2.47. The van der Waals surface area contributed by atoms with Crippen LogP contribution in [0.3, 0.4) is 0 Å². The van der Waals surface area contributed by atoms with Gasteiger partial charge in [-0.25, -0.2) is 4.39 Å². The molecule has 0 heterocycles. The Morgan fingerprint density at radius 1 is 1.29 bits per heavy atom. The van der Waals surface area contributed by atoms with Crippen molar-refractivity contribution in [1.29, 1.82) is 0 Å². The number of anilines is 1. The lowest BCUT2D eigenvalue weighted by Gasteiger charge is -2.05. The number of halogens is 2. The van der Waals surface area contributed by atoms with E-state index in [2.05, 4.69) is 5.32 Å². The number of rotatable bonds is 4. The van der Waals surface area contributed by atoms with E-state index in [1.165, 1.54) is 24.3 Å². The average molecular weight is 306 g/mol. The topological polar surface area (TPSA) is 38.3 Å². The number of hydrogen-bond acceptors (Lipinski definition) is 2. The standard InChI is InChI=1S/C16H13ClFNO2/c1-21-12-5-2-4-11(10-12)19-16(20)9-8-13-14(17)6-3-7-15(13)18/h2-10H,1H3,(H,19,20)/b9-8+. The second-order valence-electron chi connectivity index (χ2n) is 4.19.